The van der Waals surface area contributed by atoms with Crippen molar-refractivity contribution in [3.05, 3.63) is 51.9 Å². The van der Waals surface area contributed by atoms with E-state index in [0.717, 1.165) is 5.56 Å². The minimum absolute atomic E-state index is 0.171. The van der Waals surface area contributed by atoms with Gasteiger partial charge in [0, 0.05) is 20.6 Å². The molecule has 0 radical (unpaired) electrons. The largest absolute Gasteiger partial charge is 0.490 e. The number of rotatable bonds is 4. The molecule has 106 valence electrons. The number of aryl methyl sites for hydroxylation is 1. The number of ether oxygens (including phenoxy) is 1. The van der Waals surface area contributed by atoms with E-state index in [4.69, 9.17) is 4.74 Å². The van der Waals surface area contributed by atoms with Crippen molar-refractivity contribution in [3.8, 4) is 5.75 Å². The lowest BCUT2D eigenvalue weighted by Crippen LogP contribution is -2.29. The quantitative estimate of drug-likeness (QED) is 0.851. The molecule has 1 aromatic carbocycles. The Hall–Kier alpha value is -2.30. The molecule has 0 unspecified atom stereocenters. The smallest absolute Gasteiger partial charge is 0.297 e. The van der Waals surface area contributed by atoms with E-state index >= 15 is 0 Å². The summed E-state index contributed by atoms with van der Waals surface area (Å²) in [7, 11) is 5.10. The second-order valence-electron chi connectivity index (χ2n) is 4.74. The molecule has 0 atom stereocenters. The Balaban J connectivity index is 2.36. The van der Waals surface area contributed by atoms with E-state index < -0.39 is 0 Å². The fraction of sp³-hybridized carbons (Fsp3) is 0.333. The van der Waals surface area contributed by atoms with Crippen LogP contribution in [-0.2, 0) is 13.6 Å². The minimum atomic E-state index is -0.171. The van der Waals surface area contributed by atoms with Crippen LogP contribution in [0.3, 0.4) is 0 Å². The van der Waals surface area contributed by atoms with Crippen LogP contribution in [0.15, 0.2) is 35.1 Å². The SMILES string of the molecule is COc1c(C)nc(N(C)Cc2ccccc2)n(C)c1=O. The maximum absolute atomic E-state index is 12.2. The van der Waals surface area contributed by atoms with Crippen LogP contribution in [-0.4, -0.2) is 23.7 Å². The van der Waals surface area contributed by atoms with E-state index in [2.05, 4.69) is 4.98 Å². The lowest BCUT2D eigenvalue weighted by molar-refractivity contribution is 0.398. The summed E-state index contributed by atoms with van der Waals surface area (Å²) in [6, 6.07) is 10.1. The molecule has 0 spiro atoms. The molecule has 1 aromatic heterocycles. The van der Waals surface area contributed by atoms with Gasteiger partial charge in [0.15, 0.2) is 0 Å². The molecule has 0 aliphatic heterocycles. The molecule has 0 saturated heterocycles. The molecule has 5 heteroatoms. The molecule has 0 aliphatic carbocycles. The maximum atomic E-state index is 12.2. The number of hydrogen-bond acceptors (Lipinski definition) is 4. The van der Waals surface area contributed by atoms with Gasteiger partial charge in [-0.1, -0.05) is 30.3 Å². The molecule has 0 amide bonds. The average Bonchev–Trinajstić information content (AvgIpc) is 2.44. The van der Waals surface area contributed by atoms with Crippen LogP contribution in [0.1, 0.15) is 11.3 Å². The van der Waals surface area contributed by atoms with Gasteiger partial charge in [0.1, 0.15) is 0 Å². The van der Waals surface area contributed by atoms with Crippen molar-refractivity contribution in [3.63, 3.8) is 0 Å². The fourth-order valence-electron chi connectivity index (χ4n) is 2.18. The highest BCUT2D eigenvalue weighted by atomic mass is 16.5. The molecular formula is C15H19N3O2. The molecule has 5 nitrogen and oxygen atoms in total. The number of anilines is 1. The number of aromatic nitrogens is 2. The molecule has 0 bridgehead atoms. The molecule has 2 aromatic rings. The van der Waals surface area contributed by atoms with E-state index in [0.29, 0.717) is 23.9 Å². The molecule has 0 fully saturated rings. The normalized spacial score (nSPS) is 10.4. The fourth-order valence-corrected chi connectivity index (χ4v) is 2.18. The van der Waals surface area contributed by atoms with Crippen LogP contribution in [0.5, 0.6) is 5.75 Å². The standard InChI is InChI=1S/C15H19N3O2/c1-11-13(20-4)14(19)18(3)15(16-11)17(2)10-12-8-6-5-7-9-12/h5-9H,10H2,1-4H3. The van der Waals surface area contributed by atoms with E-state index in [1.807, 2.05) is 42.3 Å². The van der Waals surface area contributed by atoms with Crippen molar-refractivity contribution in [1.82, 2.24) is 9.55 Å². The lowest BCUT2D eigenvalue weighted by atomic mass is 10.2. The first-order chi connectivity index (χ1) is 9.54. The highest BCUT2D eigenvalue weighted by Gasteiger charge is 2.15. The summed E-state index contributed by atoms with van der Waals surface area (Å²) >= 11 is 0. The summed E-state index contributed by atoms with van der Waals surface area (Å²) < 4.78 is 6.60. The molecule has 0 saturated carbocycles. The molecule has 1 heterocycles. The summed E-state index contributed by atoms with van der Waals surface area (Å²) in [4.78, 5) is 18.6. The van der Waals surface area contributed by atoms with Gasteiger partial charge in [-0.25, -0.2) is 4.98 Å². The zero-order valence-corrected chi connectivity index (χ0v) is 12.3. The number of benzene rings is 1. The van der Waals surface area contributed by atoms with Crippen LogP contribution >= 0.6 is 0 Å². The second-order valence-corrected chi connectivity index (χ2v) is 4.74. The highest BCUT2D eigenvalue weighted by molar-refractivity contribution is 5.37. The van der Waals surface area contributed by atoms with Gasteiger partial charge < -0.3 is 9.64 Å². The van der Waals surface area contributed by atoms with Crippen LogP contribution < -0.4 is 15.2 Å². The molecule has 20 heavy (non-hydrogen) atoms. The van der Waals surface area contributed by atoms with Gasteiger partial charge in [-0.2, -0.15) is 0 Å². The van der Waals surface area contributed by atoms with Gasteiger partial charge in [-0.15, -0.1) is 0 Å². The van der Waals surface area contributed by atoms with Crippen molar-refractivity contribution in [1.29, 1.82) is 0 Å². The molecular weight excluding hydrogens is 254 g/mol. The van der Waals surface area contributed by atoms with Crippen LogP contribution in [0.4, 0.5) is 5.95 Å². The van der Waals surface area contributed by atoms with Gasteiger partial charge in [0.05, 0.1) is 12.8 Å². The molecule has 0 aliphatic rings. The Morgan fingerprint density at radius 3 is 2.55 bits per heavy atom. The monoisotopic (exact) mass is 273 g/mol. The van der Waals surface area contributed by atoms with E-state index in [1.165, 1.54) is 11.7 Å². The Bertz CT molecular complexity index is 650. The topological polar surface area (TPSA) is 47.4 Å². The minimum Gasteiger partial charge on any atom is -0.490 e. The van der Waals surface area contributed by atoms with Gasteiger partial charge in [-0.05, 0) is 12.5 Å². The van der Waals surface area contributed by atoms with Gasteiger partial charge in [0.25, 0.3) is 5.56 Å². The third-order valence-electron chi connectivity index (χ3n) is 3.20. The summed E-state index contributed by atoms with van der Waals surface area (Å²) in [5.74, 6) is 0.918. The second kappa shape index (κ2) is 5.77. The predicted molar refractivity (Wildman–Crippen MR) is 79.3 cm³/mol. The van der Waals surface area contributed by atoms with Crippen molar-refractivity contribution in [2.45, 2.75) is 13.5 Å². The number of nitrogens with zero attached hydrogens (tertiary/aromatic N) is 3. The molecule has 0 N–H and O–H groups in total. The Labute approximate surface area is 118 Å². The van der Waals surface area contributed by atoms with Gasteiger partial charge in [-0.3, -0.25) is 9.36 Å². The first-order valence-electron chi connectivity index (χ1n) is 6.41. The zero-order chi connectivity index (χ0) is 14.7. The molecule has 2 rings (SSSR count). The van der Waals surface area contributed by atoms with Crippen molar-refractivity contribution in [2.24, 2.45) is 7.05 Å². The van der Waals surface area contributed by atoms with Crippen molar-refractivity contribution < 1.29 is 4.74 Å². The highest BCUT2D eigenvalue weighted by Crippen LogP contribution is 2.16. The summed E-state index contributed by atoms with van der Waals surface area (Å²) in [5.41, 5.74) is 1.60. The lowest BCUT2D eigenvalue weighted by Gasteiger charge is -2.21. The average molecular weight is 273 g/mol. The predicted octanol–water partition coefficient (Wildman–Crippen LogP) is 1.73. The summed E-state index contributed by atoms with van der Waals surface area (Å²) in [5, 5.41) is 0. The maximum Gasteiger partial charge on any atom is 0.297 e. The van der Waals surface area contributed by atoms with Gasteiger partial charge in [0.2, 0.25) is 11.7 Å². The van der Waals surface area contributed by atoms with E-state index in [-0.39, 0.29) is 5.56 Å². The van der Waals surface area contributed by atoms with Crippen LogP contribution in [0.2, 0.25) is 0 Å². The summed E-state index contributed by atoms with van der Waals surface area (Å²) in [6.07, 6.45) is 0. The zero-order valence-electron chi connectivity index (χ0n) is 12.3. The van der Waals surface area contributed by atoms with Gasteiger partial charge >= 0.3 is 0 Å². The van der Waals surface area contributed by atoms with E-state index in [1.54, 1.807) is 14.0 Å². The third-order valence-corrected chi connectivity index (χ3v) is 3.20. The Kier molecular flexibility index (Phi) is 4.08. The van der Waals surface area contributed by atoms with Crippen molar-refractivity contribution >= 4 is 5.95 Å². The summed E-state index contributed by atoms with van der Waals surface area (Å²) in [6.45, 7) is 2.47. The van der Waals surface area contributed by atoms with E-state index in [9.17, 15) is 4.79 Å². The van der Waals surface area contributed by atoms with Crippen molar-refractivity contribution in [2.75, 3.05) is 19.1 Å². The van der Waals surface area contributed by atoms with Crippen LogP contribution in [0.25, 0.3) is 0 Å². The number of hydrogen-bond donors (Lipinski definition) is 0. The number of methoxy groups -OCH3 is 1. The first-order valence-corrected chi connectivity index (χ1v) is 6.41. The Morgan fingerprint density at radius 2 is 1.95 bits per heavy atom. The van der Waals surface area contributed by atoms with Crippen LogP contribution in [0, 0.1) is 6.92 Å². The third kappa shape index (κ3) is 2.66. The first kappa shape index (κ1) is 14.1. The Morgan fingerprint density at radius 1 is 1.30 bits per heavy atom.